The molecule has 1 saturated carbocycles. The van der Waals surface area contributed by atoms with Crippen molar-refractivity contribution in [2.24, 2.45) is 5.92 Å². The van der Waals surface area contributed by atoms with Crippen molar-refractivity contribution < 1.29 is 14.6 Å². The summed E-state index contributed by atoms with van der Waals surface area (Å²) in [7, 11) is 1.96. The maximum absolute atomic E-state index is 10.9. The minimum Gasteiger partial charge on any atom is -0.393 e. The maximum atomic E-state index is 10.9. The van der Waals surface area contributed by atoms with Crippen LogP contribution in [0.2, 0.25) is 0 Å². The summed E-state index contributed by atoms with van der Waals surface area (Å²) in [5, 5.41) is 24.9. The van der Waals surface area contributed by atoms with Crippen LogP contribution in [0.5, 0.6) is 0 Å². The number of nitrogens with zero attached hydrogens (tertiary/aromatic N) is 4. The molecule has 1 aromatic heterocycles. The number of aromatic nitrogens is 2. The highest BCUT2D eigenvalue weighted by molar-refractivity contribution is 5.58. The number of hydrogen-bond acceptors (Lipinski definition) is 7. The lowest BCUT2D eigenvalue weighted by Crippen LogP contribution is -2.34. The smallest absolute Gasteiger partial charge is 0.270 e. The number of nitro groups is 1. The van der Waals surface area contributed by atoms with Gasteiger partial charge in [-0.1, -0.05) is 30.1 Å². The van der Waals surface area contributed by atoms with E-state index in [9.17, 15) is 15.2 Å². The van der Waals surface area contributed by atoms with E-state index in [0.29, 0.717) is 23.8 Å². The van der Waals surface area contributed by atoms with Crippen molar-refractivity contribution in [2.45, 2.75) is 38.3 Å². The molecule has 1 heterocycles. The van der Waals surface area contributed by atoms with E-state index in [0.717, 1.165) is 32.2 Å². The first kappa shape index (κ1) is 17.5. The van der Waals surface area contributed by atoms with Gasteiger partial charge in [-0.15, -0.1) is 0 Å². The van der Waals surface area contributed by atoms with Gasteiger partial charge in [0, 0.05) is 24.2 Å². The molecule has 134 valence electrons. The van der Waals surface area contributed by atoms with E-state index >= 15 is 0 Å². The zero-order valence-corrected chi connectivity index (χ0v) is 14.2. The van der Waals surface area contributed by atoms with Gasteiger partial charge in [-0.25, -0.2) is 0 Å². The first-order valence-electron chi connectivity index (χ1n) is 8.47. The number of aliphatic hydroxyl groups is 1. The van der Waals surface area contributed by atoms with Gasteiger partial charge in [0.25, 0.3) is 5.69 Å². The normalized spacial score (nSPS) is 20.8. The number of non-ortho nitro benzene ring substituents is 1. The summed E-state index contributed by atoms with van der Waals surface area (Å²) >= 11 is 0. The average molecular weight is 346 g/mol. The van der Waals surface area contributed by atoms with Crippen LogP contribution in [0.15, 0.2) is 28.8 Å². The van der Waals surface area contributed by atoms with Crippen LogP contribution >= 0.6 is 0 Å². The highest BCUT2D eigenvalue weighted by Gasteiger charge is 2.24. The van der Waals surface area contributed by atoms with Crippen LogP contribution in [0, 0.1) is 16.0 Å². The number of nitro benzene ring substituents is 1. The molecule has 0 amide bonds. The first-order valence-corrected chi connectivity index (χ1v) is 8.47. The molecule has 2 unspecified atom stereocenters. The third kappa shape index (κ3) is 4.40. The molecule has 0 saturated heterocycles. The third-order valence-electron chi connectivity index (χ3n) is 4.60. The van der Waals surface area contributed by atoms with Crippen LogP contribution in [0.4, 0.5) is 5.69 Å². The van der Waals surface area contributed by atoms with E-state index in [1.165, 1.54) is 12.1 Å². The number of aliphatic hydroxyl groups excluding tert-OH is 1. The van der Waals surface area contributed by atoms with Gasteiger partial charge >= 0.3 is 0 Å². The summed E-state index contributed by atoms with van der Waals surface area (Å²) < 4.78 is 5.27. The quantitative estimate of drug-likeness (QED) is 0.633. The maximum Gasteiger partial charge on any atom is 0.270 e. The van der Waals surface area contributed by atoms with E-state index in [1.54, 1.807) is 12.1 Å². The lowest BCUT2D eigenvalue weighted by molar-refractivity contribution is -0.384. The molecule has 8 heteroatoms. The topological polar surface area (TPSA) is 106 Å². The van der Waals surface area contributed by atoms with Crippen molar-refractivity contribution in [2.75, 3.05) is 13.6 Å². The van der Waals surface area contributed by atoms with Crippen LogP contribution in [0.3, 0.4) is 0 Å². The summed E-state index contributed by atoms with van der Waals surface area (Å²) in [6.45, 7) is 1.25. The van der Waals surface area contributed by atoms with Crippen molar-refractivity contribution >= 4 is 5.69 Å². The molecular weight excluding hydrogens is 324 g/mol. The second-order valence-electron chi connectivity index (χ2n) is 6.63. The first-order chi connectivity index (χ1) is 12.0. The Morgan fingerprint density at radius 1 is 1.40 bits per heavy atom. The average Bonchev–Trinajstić information content (AvgIpc) is 3.05. The van der Waals surface area contributed by atoms with E-state index < -0.39 is 4.92 Å². The Bertz CT molecular complexity index is 733. The molecule has 1 N–H and O–H groups in total. The van der Waals surface area contributed by atoms with Crippen molar-refractivity contribution in [3.63, 3.8) is 0 Å². The third-order valence-corrected chi connectivity index (χ3v) is 4.60. The van der Waals surface area contributed by atoms with Gasteiger partial charge in [-0.05, 0) is 25.8 Å². The van der Waals surface area contributed by atoms with Crippen LogP contribution in [0.25, 0.3) is 11.4 Å². The van der Waals surface area contributed by atoms with E-state index in [2.05, 4.69) is 15.0 Å². The van der Waals surface area contributed by atoms with E-state index in [4.69, 9.17) is 4.52 Å². The molecule has 1 aliphatic carbocycles. The van der Waals surface area contributed by atoms with Gasteiger partial charge in [0.15, 0.2) is 0 Å². The fourth-order valence-electron chi connectivity index (χ4n) is 3.29. The number of hydrogen-bond donors (Lipinski definition) is 1. The molecule has 1 aromatic carbocycles. The van der Waals surface area contributed by atoms with Gasteiger partial charge in [0.05, 0.1) is 17.6 Å². The van der Waals surface area contributed by atoms with Crippen LogP contribution in [-0.4, -0.2) is 44.8 Å². The highest BCUT2D eigenvalue weighted by Crippen LogP contribution is 2.25. The second-order valence-corrected chi connectivity index (χ2v) is 6.63. The SMILES string of the molecule is CN(Cc1nc(-c2cccc([N+](=O)[O-])c2)no1)CC1CCCCC1O. The summed E-state index contributed by atoms with van der Waals surface area (Å²) in [5.74, 6) is 1.07. The summed E-state index contributed by atoms with van der Waals surface area (Å²) in [6, 6.07) is 6.16. The number of benzene rings is 1. The summed E-state index contributed by atoms with van der Waals surface area (Å²) in [5.41, 5.74) is 0.543. The lowest BCUT2D eigenvalue weighted by Gasteiger charge is -2.30. The summed E-state index contributed by atoms with van der Waals surface area (Å²) in [4.78, 5) is 16.8. The van der Waals surface area contributed by atoms with Crippen LogP contribution < -0.4 is 0 Å². The van der Waals surface area contributed by atoms with Gasteiger partial charge < -0.3 is 9.63 Å². The molecule has 8 nitrogen and oxygen atoms in total. The van der Waals surface area contributed by atoms with Crippen LogP contribution in [-0.2, 0) is 6.54 Å². The zero-order chi connectivity index (χ0) is 17.8. The van der Waals surface area contributed by atoms with Gasteiger partial charge in [-0.2, -0.15) is 4.98 Å². The van der Waals surface area contributed by atoms with Crippen molar-refractivity contribution in [1.82, 2.24) is 15.0 Å². The van der Waals surface area contributed by atoms with E-state index in [1.807, 2.05) is 7.05 Å². The Morgan fingerprint density at radius 2 is 2.20 bits per heavy atom. The Morgan fingerprint density at radius 3 is 2.96 bits per heavy atom. The molecule has 0 spiro atoms. The minimum atomic E-state index is -0.451. The molecule has 2 aromatic rings. The molecule has 0 bridgehead atoms. The molecule has 25 heavy (non-hydrogen) atoms. The molecule has 3 rings (SSSR count). The Kier molecular flexibility index (Phi) is 5.40. The Balaban J connectivity index is 1.63. The van der Waals surface area contributed by atoms with Gasteiger partial charge in [0.1, 0.15) is 0 Å². The summed E-state index contributed by atoms with van der Waals surface area (Å²) in [6.07, 6.45) is 3.92. The number of rotatable bonds is 6. The Hall–Kier alpha value is -2.32. The minimum absolute atomic E-state index is 0.00717. The molecule has 0 radical (unpaired) electrons. The second kappa shape index (κ2) is 7.71. The van der Waals surface area contributed by atoms with Crippen molar-refractivity contribution in [3.8, 4) is 11.4 Å². The predicted molar refractivity (Wildman–Crippen MR) is 90.7 cm³/mol. The van der Waals surface area contributed by atoms with Crippen LogP contribution in [0.1, 0.15) is 31.6 Å². The van der Waals surface area contributed by atoms with Gasteiger partial charge in [0.2, 0.25) is 11.7 Å². The van der Waals surface area contributed by atoms with E-state index in [-0.39, 0.29) is 17.7 Å². The largest absolute Gasteiger partial charge is 0.393 e. The predicted octanol–water partition coefficient (Wildman–Crippen LogP) is 2.63. The highest BCUT2D eigenvalue weighted by atomic mass is 16.6. The fourth-order valence-corrected chi connectivity index (χ4v) is 3.29. The molecule has 1 fully saturated rings. The molecule has 0 aliphatic heterocycles. The van der Waals surface area contributed by atoms with Gasteiger partial charge in [-0.3, -0.25) is 15.0 Å². The Labute approximate surface area is 145 Å². The molecular formula is C17H22N4O4. The zero-order valence-electron chi connectivity index (χ0n) is 14.2. The molecule has 1 aliphatic rings. The fraction of sp³-hybridized carbons (Fsp3) is 0.529. The lowest BCUT2D eigenvalue weighted by atomic mass is 9.86. The monoisotopic (exact) mass is 346 g/mol. The van der Waals surface area contributed by atoms with Crippen molar-refractivity contribution in [1.29, 1.82) is 0 Å². The molecule has 2 atom stereocenters. The standard InChI is InChI=1S/C17H22N4O4/c1-20(10-13-5-2-3-8-15(13)22)11-16-18-17(19-25-16)12-6-4-7-14(9-12)21(23)24/h4,6-7,9,13,15,22H,2-3,5,8,10-11H2,1H3. The van der Waals surface area contributed by atoms with Crippen molar-refractivity contribution in [3.05, 3.63) is 40.3 Å².